The largest absolute Gasteiger partial charge is 0.371 e. The molecule has 0 spiro atoms. The lowest BCUT2D eigenvalue weighted by molar-refractivity contribution is 0.571. The molecule has 0 radical (unpaired) electrons. The molecule has 1 saturated heterocycles. The molecule has 1 fully saturated rings. The number of piperidine rings is 1. The van der Waals surface area contributed by atoms with Crippen molar-refractivity contribution in [2.75, 3.05) is 18.0 Å². The third-order valence-corrected chi connectivity index (χ3v) is 3.50. The SMILES string of the molecule is Cc1cc(N2CCCCC2)c(C(C)N)cc1F. The molecule has 0 bridgehead atoms. The molecule has 94 valence electrons. The topological polar surface area (TPSA) is 29.3 Å². The van der Waals surface area contributed by atoms with Gasteiger partial charge in [0.25, 0.3) is 0 Å². The van der Waals surface area contributed by atoms with Crippen LogP contribution in [-0.4, -0.2) is 13.1 Å². The number of hydrogen-bond acceptors (Lipinski definition) is 2. The normalized spacial score (nSPS) is 18.2. The Bertz CT molecular complexity index is 395. The van der Waals surface area contributed by atoms with Crippen molar-refractivity contribution < 1.29 is 4.39 Å². The van der Waals surface area contributed by atoms with Gasteiger partial charge in [0, 0.05) is 24.8 Å². The van der Waals surface area contributed by atoms with Crippen LogP contribution in [0.25, 0.3) is 0 Å². The van der Waals surface area contributed by atoms with Crippen LogP contribution in [0.4, 0.5) is 10.1 Å². The van der Waals surface area contributed by atoms with E-state index in [9.17, 15) is 4.39 Å². The maximum absolute atomic E-state index is 13.6. The predicted octanol–water partition coefficient (Wildman–Crippen LogP) is 3.14. The average Bonchev–Trinajstić information content (AvgIpc) is 2.33. The van der Waals surface area contributed by atoms with Gasteiger partial charge in [-0.3, -0.25) is 0 Å². The Morgan fingerprint density at radius 1 is 1.24 bits per heavy atom. The summed E-state index contributed by atoms with van der Waals surface area (Å²) in [6.45, 7) is 5.85. The van der Waals surface area contributed by atoms with Crippen LogP contribution in [0, 0.1) is 12.7 Å². The third kappa shape index (κ3) is 2.60. The summed E-state index contributed by atoms with van der Waals surface area (Å²) >= 11 is 0. The van der Waals surface area contributed by atoms with Crippen molar-refractivity contribution in [2.45, 2.75) is 39.2 Å². The molecule has 0 amide bonds. The zero-order valence-electron chi connectivity index (χ0n) is 10.7. The van der Waals surface area contributed by atoms with Gasteiger partial charge in [0.2, 0.25) is 0 Å². The first-order valence-corrected chi connectivity index (χ1v) is 6.40. The van der Waals surface area contributed by atoms with Crippen molar-refractivity contribution >= 4 is 5.69 Å². The van der Waals surface area contributed by atoms with E-state index in [-0.39, 0.29) is 11.9 Å². The minimum atomic E-state index is -0.155. The lowest BCUT2D eigenvalue weighted by Gasteiger charge is -2.31. The Morgan fingerprint density at radius 3 is 2.47 bits per heavy atom. The lowest BCUT2D eigenvalue weighted by Crippen LogP contribution is -2.31. The highest BCUT2D eigenvalue weighted by molar-refractivity contribution is 5.57. The van der Waals surface area contributed by atoms with Gasteiger partial charge in [0.05, 0.1) is 0 Å². The summed E-state index contributed by atoms with van der Waals surface area (Å²) in [7, 11) is 0. The van der Waals surface area contributed by atoms with Crippen molar-refractivity contribution in [1.29, 1.82) is 0 Å². The molecule has 1 heterocycles. The van der Waals surface area contributed by atoms with Crippen LogP contribution in [0.15, 0.2) is 12.1 Å². The number of rotatable bonds is 2. The molecular weight excluding hydrogens is 215 g/mol. The van der Waals surface area contributed by atoms with Gasteiger partial charge in [-0.2, -0.15) is 0 Å². The van der Waals surface area contributed by atoms with Crippen molar-refractivity contribution in [3.05, 3.63) is 29.1 Å². The van der Waals surface area contributed by atoms with Gasteiger partial charge >= 0.3 is 0 Å². The van der Waals surface area contributed by atoms with Gasteiger partial charge in [-0.05, 0) is 56.4 Å². The van der Waals surface area contributed by atoms with E-state index in [1.807, 2.05) is 19.9 Å². The molecule has 1 aromatic carbocycles. The second kappa shape index (κ2) is 5.05. The fourth-order valence-corrected chi connectivity index (χ4v) is 2.46. The van der Waals surface area contributed by atoms with E-state index in [2.05, 4.69) is 4.90 Å². The first-order valence-electron chi connectivity index (χ1n) is 6.40. The molecular formula is C14H21FN2. The third-order valence-electron chi connectivity index (χ3n) is 3.50. The Morgan fingerprint density at radius 2 is 1.88 bits per heavy atom. The van der Waals surface area contributed by atoms with Crippen LogP contribution in [0.2, 0.25) is 0 Å². The average molecular weight is 236 g/mol. The smallest absolute Gasteiger partial charge is 0.126 e. The summed E-state index contributed by atoms with van der Waals surface area (Å²) in [6.07, 6.45) is 3.73. The lowest BCUT2D eigenvalue weighted by atomic mass is 10.0. The van der Waals surface area contributed by atoms with Gasteiger partial charge in [0.15, 0.2) is 0 Å². The highest BCUT2D eigenvalue weighted by Gasteiger charge is 2.18. The molecule has 0 saturated carbocycles. The zero-order chi connectivity index (χ0) is 12.4. The van der Waals surface area contributed by atoms with Crippen LogP contribution in [0.1, 0.15) is 43.4 Å². The number of halogens is 1. The summed E-state index contributed by atoms with van der Waals surface area (Å²) < 4.78 is 13.6. The minimum Gasteiger partial charge on any atom is -0.371 e. The van der Waals surface area contributed by atoms with Crippen molar-refractivity contribution in [1.82, 2.24) is 0 Å². The van der Waals surface area contributed by atoms with Gasteiger partial charge in [-0.15, -0.1) is 0 Å². The minimum absolute atomic E-state index is 0.123. The van der Waals surface area contributed by atoms with Gasteiger partial charge in [-0.25, -0.2) is 4.39 Å². The Labute approximate surface area is 103 Å². The van der Waals surface area contributed by atoms with Crippen molar-refractivity contribution in [3.63, 3.8) is 0 Å². The fourth-order valence-electron chi connectivity index (χ4n) is 2.46. The molecule has 1 aliphatic heterocycles. The zero-order valence-corrected chi connectivity index (χ0v) is 10.7. The van der Waals surface area contributed by atoms with Gasteiger partial charge in [-0.1, -0.05) is 0 Å². The second-order valence-corrected chi connectivity index (χ2v) is 5.00. The molecule has 0 aliphatic carbocycles. The maximum Gasteiger partial charge on any atom is 0.126 e. The van der Waals surface area contributed by atoms with E-state index < -0.39 is 0 Å². The number of hydrogen-bond donors (Lipinski definition) is 1. The number of benzene rings is 1. The van der Waals surface area contributed by atoms with Gasteiger partial charge < -0.3 is 10.6 Å². The first kappa shape index (κ1) is 12.4. The molecule has 1 unspecified atom stereocenters. The number of nitrogens with zero attached hydrogens (tertiary/aromatic N) is 1. The summed E-state index contributed by atoms with van der Waals surface area (Å²) in [6, 6.07) is 3.42. The summed E-state index contributed by atoms with van der Waals surface area (Å²) in [5.41, 5.74) is 8.70. The molecule has 0 aromatic heterocycles. The molecule has 1 atom stereocenters. The number of nitrogens with two attached hydrogens (primary N) is 1. The predicted molar refractivity (Wildman–Crippen MR) is 69.8 cm³/mol. The molecule has 17 heavy (non-hydrogen) atoms. The highest BCUT2D eigenvalue weighted by Crippen LogP contribution is 2.30. The Balaban J connectivity index is 2.39. The van der Waals surface area contributed by atoms with Crippen LogP contribution in [0.5, 0.6) is 0 Å². The van der Waals surface area contributed by atoms with E-state index in [0.29, 0.717) is 5.56 Å². The molecule has 2 N–H and O–H groups in total. The van der Waals surface area contributed by atoms with E-state index in [4.69, 9.17) is 5.73 Å². The molecule has 1 aromatic rings. The van der Waals surface area contributed by atoms with Crippen LogP contribution < -0.4 is 10.6 Å². The Hall–Kier alpha value is -1.09. The van der Waals surface area contributed by atoms with Crippen molar-refractivity contribution in [2.24, 2.45) is 5.73 Å². The maximum atomic E-state index is 13.6. The van der Waals surface area contributed by atoms with Crippen LogP contribution >= 0.6 is 0 Å². The second-order valence-electron chi connectivity index (χ2n) is 5.00. The molecule has 3 heteroatoms. The van der Waals surface area contributed by atoms with E-state index in [0.717, 1.165) is 24.3 Å². The molecule has 1 aliphatic rings. The van der Waals surface area contributed by atoms with E-state index >= 15 is 0 Å². The van der Waals surface area contributed by atoms with E-state index in [1.54, 1.807) is 6.07 Å². The molecule has 2 nitrogen and oxygen atoms in total. The highest BCUT2D eigenvalue weighted by atomic mass is 19.1. The fraction of sp³-hybridized carbons (Fsp3) is 0.571. The number of anilines is 1. The standard InChI is InChI=1S/C14H21FN2/c1-10-8-14(17-6-4-3-5-7-17)12(11(2)16)9-13(10)15/h8-9,11H,3-7,16H2,1-2H3. The Kier molecular flexibility index (Phi) is 3.67. The summed E-state index contributed by atoms with van der Waals surface area (Å²) in [5, 5.41) is 0. The number of aryl methyl sites for hydroxylation is 1. The van der Waals surface area contributed by atoms with Gasteiger partial charge in [0.1, 0.15) is 5.82 Å². The van der Waals surface area contributed by atoms with Crippen LogP contribution in [0.3, 0.4) is 0 Å². The summed E-state index contributed by atoms with van der Waals surface area (Å²) in [4.78, 5) is 2.34. The quantitative estimate of drug-likeness (QED) is 0.854. The monoisotopic (exact) mass is 236 g/mol. The van der Waals surface area contributed by atoms with E-state index in [1.165, 1.54) is 19.3 Å². The first-order chi connectivity index (χ1) is 8.09. The van der Waals surface area contributed by atoms with Crippen LogP contribution in [-0.2, 0) is 0 Å². The van der Waals surface area contributed by atoms with Crippen molar-refractivity contribution in [3.8, 4) is 0 Å². The summed E-state index contributed by atoms with van der Waals surface area (Å²) in [5.74, 6) is -0.155. The molecule has 2 rings (SSSR count).